The maximum absolute atomic E-state index is 13.9. The minimum absolute atomic E-state index is 0.142. The molecule has 2 bridgehead atoms. The molecule has 0 spiro atoms. The molecular weight excluding hydrogens is 561 g/mol. The third kappa shape index (κ3) is 5.71. The number of rotatable bonds is 6. The van der Waals surface area contributed by atoms with E-state index in [4.69, 9.17) is 10.1 Å². The number of piperazine rings is 1. The number of halogens is 1. The molecule has 2 heterocycles. The first kappa shape index (κ1) is 31.6. The molecule has 4 aliphatic rings. The van der Waals surface area contributed by atoms with Crippen molar-refractivity contribution in [3.05, 3.63) is 59.4 Å². The van der Waals surface area contributed by atoms with Gasteiger partial charge in [-0.25, -0.2) is 9.37 Å². The van der Waals surface area contributed by atoms with Crippen LogP contribution in [0.2, 0.25) is 0 Å². The van der Waals surface area contributed by atoms with E-state index in [0.717, 1.165) is 5.57 Å². The van der Waals surface area contributed by atoms with Gasteiger partial charge in [-0.2, -0.15) is 0 Å². The second-order valence-corrected chi connectivity index (χ2v) is 14.4. The molecule has 2 aromatic rings. The summed E-state index contributed by atoms with van der Waals surface area (Å²) in [5.74, 6) is -0.0682. The molecule has 9 nitrogen and oxygen atoms in total. The van der Waals surface area contributed by atoms with Crippen molar-refractivity contribution < 1.29 is 23.5 Å². The standard InChI is InChI=1S/C34H44FN5O4/c1-31(2,3)24(19-25(36)22-7-9-23(35)10-8-22)27-37-20-26(38-27)28(41)40-18-17-39(21-32(40,4)5)29(42)33-11-14-34(15-12-33,16-13-33)30(43)44-6/h7-10,19-20,36H,11-18,21H2,1-6H3,(H,37,38)/b24-19+,36-25?. The lowest BCUT2D eigenvalue weighted by molar-refractivity contribution is -0.171. The van der Waals surface area contributed by atoms with Crippen LogP contribution in [-0.2, 0) is 14.3 Å². The Hall–Kier alpha value is -3.82. The number of imidazole rings is 1. The van der Waals surface area contributed by atoms with Crippen LogP contribution in [0.5, 0.6) is 0 Å². The molecule has 6 rings (SSSR count). The Morgan fingerprint density at radius 3 is 2.14 bits per heavy atom. The number of aromatic nitrogens is 2. The zero-order chi connectivity index (χ0) is 32.1. The minimum Gasteiger partial charge on any atom is -0.469 e. The molecule has 1 aromatic carbocycles. The van der Waals surface area contributed by atoms with Gasteiger partial charge in [-0.1, -0.05) is 20.8 Å². The monoisotopic (exact) mass is 605 g/mol. The molecule has 0 unspecified atom stereocenters. The van der Waals surface area contributed by atoms with Crippen LogP contribution < -0.4 is 0 Å². The Balaban J connectivity index is 1.29. The summed E-state index contributed by atoms with van der Waals surface area (Å²) >= 11 is 0. The molecule has 236 valence electrons. The van der Waals surface area contributed by atoms with Crippen molar-refractivity contribution >= 4 is 29.1 Å². The fraction of sp³-hybridized carbons (Fsp3) is 0.559. The average molecular weight is 606 g/mol. The highest BCUT2D eigenvalue weighted by Crippen LogP contribution is 2.58. The Labute approximate surface area is 258 Å². The van der Waals surface area contributed by atoms with Crippen LogP contribution in [-0.4, -0.2) is 75.5 Å². The first-order chi connectivity index (χ1) is 20.6. The maximum Gasteiger partial charge on any atom is 0.311 e. The number of H-pyrrole nitrogens is 1. The summed E-state index contributed by atoms with van der Waals surface area (Å²) in [6, 6.07) is 5.78. The number of amides is 2. The number of carbonyl (C=O) groups excluding carboxylic acids is 3. The first-order valence-electron chi connectivity index (χ1n) is 15.4. The number of fused-ring (bicyclic) bond motifs is 3. The predicted octanol–water partition coefficient (Wildman–Crippen LogP) is 5.62. The molecule has 2 N–H and O–H groups in total. The van der Waals surface area contributed by atoms with E-state index in [1.54, 1.807) is 23.1 Å². The second kappa shape index (κ2) is 11.3. The molecule has 3 saturated carbocycles. The summed E-state index contributed by atoms with van der Waals surface area (Å²) < 4.78 is 18.5. The smallest absolute Gasteiger partial charge is 0.311 e. The van der Waals surface area contributed by atoms with Crippen molar-refractivity contribution in [3.8, 4) is 0 Å². The first-order valence-corrected chi connectivity index (χ1v) is 15.4. The third-order valence-corrected chi connectivity index (χ3v) is 10.1. The zero-order valence-electron chi connectivity index (χ0n) is 26.7. The zero-order valence-corrected chi connectivity index (χ0v) is 26.7. The summed E-state index contributed by atoms with van der Waals surface area (Å²) in [4.78, 5) is 51.6. The van der Waals surface area contributed by atoms with Gasteiger partial charge in [-0.05, 0) is 93.7 Å². The lowest BCUT2D eigenvalue weighted by Gasteiger charge is -2.54. The SMILES string of the molecule is COC(=O)C12CCC(C(=O)N3CCN(C(=O)c4cnc(/C(=C\C(=N)c5ccc(F)cc5)C(C)(C)C)[nH]4)C(C)(C)C3)(CC1)CC2. The lowest BCUT2D eigenvalue weighted by atomic mass is 9.53. The number of hydrogen-bond acceptors (Lipinski definition) is 6. The number of methoxy groups -OCH3 is 1. The summed E-state index contributed by atoms with van der Waals surface area (Å²) in [5, 5.41) is 8.59. The Morgan fingerprint density at radius 1 is 1.00 bits per heavy atom. The molecular formula is C34H44FN5O4. The number of ether oxygens (including phenoxy) is 1. The number of nitrogens with zero attached hydrogens (tertiary/aromatic N) is 3. The quantitative estimate of drug-likeness (QED) is 0.327. The fourth-order valence-corrected chi connectivity index (χ4v) is 7.28. The third-order valence-electron chi connectivity index (χ3n) is 10.1. The molecule has 3 aliphatic carbocycles. The molecule has 1 aliphatic heterocycles. The van der Waals surface area contributed by atoms with Gasteiger partial charge in [-0.3, -0.25) is 14.4 Å². The molecule has 2 amide bonds. The number of aromatic amines is 1. The molecule has 0 atom stereocenters. The van der Waals surface area contributed by atoms with Gasteiger partial charge >= 0.3 is 5.97 Å². The van der Waals surface area contributed by atoms with Gasteiger partial charge in [0, 0.05) is 30.6 Å². The van der Waals surface area contributed by atoms with Crippen LogP contribution in [0.1, 0.15) is 95.0 Å². The largest absolute Gasteiger partial charge is 0.469 e. The van der Waals surface area contributed by atoms with E-state index in [2.05, 4.69) is 9.97 Å². The van der Waals surface area contributed by atoms with Crippen LogP contribution >= 0.6 is 0 Å². The normalized spacial score (nSPS) is 25.1. The van der Waals surface area contributed by atoms with Crippen molar-refractivity contribution in [2.45, 2.75) is 78.7 Å². The number of hydrogen-bond donors (Lipinski definition) is 2. The number of benzene rings is 1. The molecule has 4 fully saturated rings. The van der Waals surface area contributed by atoms with E-state index < -0.39 is 21.8 Å². The van der Waals surface area contributed by atoms with Crippen LogP contribution in [0, 0.1) is 27.5 Å². The summed E-state index contributed by atoms with van der Waals surface area (Å²) in [6.07, 6.45) is 7.37. The van der Waals surface area contributed by atoms with E-state index in [0.29, 0.717) is 75.2 Å². The van der Waals surface area contributed by atoms with E-state index in [9.17, 15) is 18.8 Å². The maximum atomic E-state index is 13.9. The summed E-state index contributed by atoms with van der Waals surface area (Å²) in [6.45, 7) is 11.2. The Bertz CT molecular complexity index is 1480. The summed E-state index contributed by atoms with van der Waals surface area (Å²) in [7, 11) is 1.44. The van der Waals surface area contributed by atoms with E-state index >= 15 is 0 Å². The number of allylic oxidation sites excluding steroid dienone is 2. The van der Waals surface area contributed by atoms with Gasteiger partial charge in [0.2, 0.25) is 5.91 Å². The van der Waals surface area contributed by atoms with Gasteiger partial charge < -0.3 is 24.9 Å². The fourth-order valence-electron chi connectivity index (χ4n) is 7.28. The van der Waals surface area contributed by atoms with Crippen molar-refractivity contribution in [1.29, 1.82) is 5.41 Å². The molecule has 1 saturated heterocycles. The molecule has 10 heteroatoms. The highest BCUT2D eigenvalue weighted by Gasteiger charge is 2.57. The molecule has 44 heavy (non-hydrogen) atoms. The lowest BCUT2D eigenvalue weighted by Crippen LogP contribution is -2.64. The van der Waals surface area contributed by atoms with Gasteiger partial charge in [0.15, 0.2) is 0 Å². The Kier molecular flexibility index (Phi) is 8.10. The van der Waals surface area contributed by atoms with Gasteiger partial charge in [0.25, 0.3) is 5.91 Å². The van der Waals surface area contributed by atoms with Gasteiger partial charge in [-0.15, -0.1) is 0 Å². The average Bonchev–Trinajstić information content (AvgIpc) is 3.48. The Morgan fingerprint density at radius 2 is 1.59 bits per heavy atom. The van der Waals surface area contributed by atoms with Crippen molar-refractivity contribution in [2.24, 2.45) is 16.2 Å². The number of carbonyl (C=O) groups is 3. The molecule has 1 aromatic heterocycles. The molecule has 0 radical (unpaired) electrons. The summed E-state index contributed by atoms with van der Waals surface area (Å²) in [5.41, 5.74) is -0.00396. The number of nitrogens with one attached hydrogen (secondary N) is 2. The minimum atomic E-state index is -0.612. The topological polar surface area (TPSA) is 119 Å². The van der Waals surface area contributed by atoms with Gasteiger partial charge in [0.05, 0.1) is 30.0 Å². The highest BCUT2D eigenvalue weighted by atomic mass is 19.1. The van der Waals surface area contributed by atoms with Crippen LogP contribution in [0.3, 0.4) is 0 Å². The van der Waals surface area contributed by atoms with Crippen molar-refractivity contribution in [1.82, 2.24) is 19.8 Å². The van der Waals surface area contributed by atoms with Gasteiger partial charge in [0.1, 0.15) is 17.3 Å². The highest BCUT2D eigenvalue weighted by molar-refractivity contribution is 6.10. The van der Waals surface area contributed by atoms with E-state index in [1.165, 1.54) is 25.4 Å². The van der Waals surface area contributed by atoms with Crippen LogP contribution in [0.4, 0.5) is 4.39 Å². The van der Waals surface area contributed by atoms with Crippen LogP contribution in [0.25, 0.3) is 5.57 Å². The van der Waals surface area contributed by atoms with Crippen molar-refractivity contribution in [3.63, 3.8) is 0 Å². The van der Waals surface area contributed by atoms with Crippen molar-refractivity contribution in [2.75, 3.05) is 26.7 Å². The van der Waals surface area contributed by atoms with Crippen LogP contribution in [0.15, 0.2) is 36.5 Å². The number of esters is 1. The second-order valence-electron chi connectivity index (χ2n) is 14.4. The predicted molar refractivity (Wildman–Crippen MR) is 166 cm³/mol. The van der Waals surface area contributed by atoms with E-state index in [-0.39, 0.29) is 29.3 Å². The van der Waals surface area contributed by atoms with E-state index in [1.807, 2.05) is 39.5 Å².